The van der Waals surface area contributed by atoms with E-state index in [0.29, 0.717) is 23.5 Å². The first kappa shape index (κ1) is 25.7. The highest BCUT2D eigenvalue weighted by Gasteiger charge is 2.40. The molecule has 1 aromatic heterocycles. The minimum Gasteiger partial charge on any atom is -0.496 e. The van der Waals surface area contributed by atoms with E-state index in [4.69, 9.17) is 10.5 Å². The largest absolute Gasteiger partial charge is 0.496 e. The second kappa shape index (κ2) is 9.78. The van der Waals surface area contributed by atoms with Crippen LogP contribution in [0.15, 0.2) is 48.5 Å². The van der Waals surface area contributed by atoms with Gasteiger partial charge in [0, 0.05) is 11.8 Å². The van der Waals surface area contributed by atoms with Crippen LogP contribution < -0.4 is 10.6 Å². The first-order chi connectivity index (χ1) is 16.4. The summed E-state index contributed by atoms with van der Waals surface area (Å²) in [5, 5.41) is 9.34. The lowest BCUT2D eigenvalue weighted by Gasteiger charge is -2.29. The lowest BCUT2D eigenvalue weighted by atomic mass is 9.87. The fourth-order valence-electron chi connectivity index (χ4n) is 3.67. The monoisotopic (exact) mass is 488 g/mol. The van der Waals surface area contributed by atoms with Crippen molar-refractivity contribution in [3.05, 3.63) is 76.7 Å². The Kier molecular flexibility index (Phi) is 7.19. The highest BCUT2D eigenvalue weighted by Crippen LogP contribution is 2.39. The highest BCUT2D eigenvalue weighted by molar-refractivity contribution is 5.80. The average Bonchev–Trinajstić information content (AvgIpc) is 2.79. The van der Waals surface area contributed by atoms with Gasteiger partial charge in [-0.2, -0.15) is 18.4 Å². The van der Waals surface area contributed by atoms with Crippen molar-refractivity contribution in [3.63, 3.8) is 0 Å². The molecule has 1 amide bonds. The quantitative estimate of drug-likeness (QED) is 0.563. The summed E-state index contributed by atoms with van der Waals surface area (Å²) in [7, 11) is 0. The van der Waals surface area contributed by atoms with E-state index in [1.165, 1.54) is 37.1 Å². The zero-order valence-electron chi connectivity index (χ0n) is 19.4. The van der Waals surface area contributed by atoms with Crippen LogP contribution in [-0.2, 0) is 27.5 Å². The van der Waals surface area contributed by atoms with E-state index < -0.39 is 28.9 Å². The van der Waals surface area contributed by atoms with E-state index in [0.717, 1.165) is 6.07 Å². The number of pyridine rings is 1. The molecule has 10 heteroatoms. The van der Waals surface area contributed by atoms with E-state index >= 15 is 0 Å². The number of amides is 1. The lowest BCUT2D eigenvalue weighted by Crippen LogP contribution is -2.27. The zero-order chi connectivity index (χ0) is 26.0. The number of rotatable bonds is 7. The van der Waals surface area contributed by atoms with E-state index in [1.807, 2.05) is 6.07 Å². The molecule has 184 valence electrons. The van der Waals surface area contributed by atoms with Crippen LogP contribution in [0.5, 0.6) is 0 Å². The Morgan fingerprint density at radius 3 is 2.57 bits per heavy atom. The van der Waals surface area contributed by atoms with Gasteiger partial charge >= 0.3 is 6.18 Å². The van der Waals surface area contributed by atoms with Gasteiger partial charge in [-0.3, -0.25) is 9.78 Å². The predicted octanol–water partition coefficient (Wildman–Crippen LogP) is 4.85. The fourth-order valence-corrected chi connectivity index (χ4v) is 3.67. The normalized spacial score (nSPS) is 14.2. The Morgan fingerprint density at radius 2 is 2.00 bits per heavy atom. The summed E-state index contributed by atoms with van der Waals surface area (Å²) < 4.78 is 61.8. The molecule has 35 heavy (non-hydrogen) atoms. The molecule has 1 aliphatic rings. The molecule has 0 aliphatic carbocycles. The number of nitrogens with two attached hydrogens (primary N) is 1. The Labute approximate surface area is 200 Å². The maximum atomic E-state index is 14.5. The molecule has 0 radical (unpaired) electrons. The first-order valence-electron chi connectivity index (χ1n) is 10.7. The van der Waals surface area contributed by atoms with Crippen molar-refractivity contribution < 1.29 is 27.1 Å². The third-order valence-electron chi connectivity index (χ3n) is 5.40. The van der Waals surface area contributed by atoms with Crippen molar-refractivity contribution in [2.45, 2.75) is 38.8 Å². The van der Waals surface area contributed by atoms with Crippen LogP contribution in [0.4, 0.5) is 23.2 Å². The zero-order valence-corrected chi connectivity index (χ0v) is 19.4. The van der Waals surface area contributed by atoms with Crippen LogP contribution in [0, 0.1) is 17.1 Å². The molecule has 0 atom stereocenters. The van der Waals surface area contributed by atoms with E-state index in [-0.39, 0.29) is 29.9 Å². The molecule has 0 saturated heterocycles. The van der Waals surface area contributed by atoms with Crippen molar-refractivity contribution in [2.24, 2.45) is 5.73 Å². The van der Waals surface area contributed by atoms with Gasteiger partial charge in [0.15, 0.2) is 0 Å². The third-order valence-corrected chi connectivity index (χ3v) is 5.40. The van der Waals surface area contributed by atoms with Crippen molar-refractivity contribution in [1.29, 1.82) is 5.26 Å². The number of ether oxygens (including phenoxy) is 1. The van der Waals surface area contributed by atoms with Crippen LogP contribution in [0.1, 0.15) is 43.2 Å². The number of carbonyl (C=O) groups excluding carboxylic acids is 1. The minimum atomic E-state index is -4.73. The summed E-state index contributed by atoms with van der Waals surface area (Å²) in [6, 6.07) is 7.06. The summed E-state index contributed by atoms with van der Waals surface area (Å²) in [6.07, 6.45) is -0.476. The second-order valence-electron chi connectivity index (χ2n) is 8.53. The molecular weight excluding hydrogens is 464 g/mol. The highest BCUT2D eigenvalue weighted by atomic mass is 19.4. The second-order valence-corrected chi connectivity index (χ2v) is 8.53. The van der Waals surface area contributed by atoms with Gasteiger partial charge in [-0.05, 0) is 50.1 Å². The number of nitrogens with zero attached hydrogens (tertiary/aromatic N) is 3. The number of allylic oxidation sites excluding steroid dienone is 2. The number of anilines is 1. The molecular formula is C25H24F4N4O2. The maximum Gasteiger partial charge on any atom is 0.418 e. The van der Waals surface area contributed by atoms with Crippen LogP contribution in [-0.4, -0.2) is 24.0 Å². The smallest absolute Gasteiger partial charge is 0.418 e. The fraction of sp³-hybridized carbons (Fsp3) is 0.320. The Bertz CT molecular complexity index is 1240. The Balaban J connectivity index is 2.08. The van der Waals surface area contributed by atoms with E-state index in [2.05, 4.69) is 4.98 Å². The van der Waals surface area contributed by atoms with Gasteiger partial charge in [0.1, 0.15) is 11.6 Å². The third kappa shape index (κ3) is 5.80. The van der Waals surface area contributed by atoms with Crippen LogP contribution in [0.2, 0.25) is 0 Å². The first-order valence-corrected chi connectivity index (χ1v) is 10.7. The molecule has 3 rings (SSSR count). The number of carbonyl (C=O) groups is 1. The summed E-state index contributed by atoms with van der Waals surface area (Å²) >= 11 is 0. The average molecular weight is 488 g/mol. The molecule has 0 spiro atoms. The number of aromatic nitrogens is 1. The molecule has 0 unspecified atom stereocenters. The number of benzene rings is 1. The van der Waals surface area contributed by atoms with Crippen molar-refractivity contribution in [3.8, 4) is 6.07 Å². The van der Waals surface area contributed by atoms with Gasteiger partial charge in [0.05, 0.1) is 54.2 Å². The topological polar surface area (TPSA) is 92.2 Å². The number of halogens is 4. The molecule has 2 aromatic rings. The SMILES string of the molecule is CCOC1=CC(c2ccc(CC(N)=O)c(F)c2)=CN(c2cnc(C(C)(C)C#N)c(C(F)(F)F)c2)C1. The van der Waals surface area contributed by atoms with Crippen molar-refractivity contribution in [2.75, 3.05) is 18.1 Å². The van der Waals surface area contributed by atoms with Crippen molar-refractivity contribution >= 4 is 17.2 Å². The molecule has 0 saturated carbocycles. The molecule has 1 aliphatic heterocycles. The van der Waals surface area contributed by atoms with Crippen LogP contribution in [0.25, 0.3) is 5.57 Å². The van der Waals surface area contributed by atoms with Crippen LogP contribution in [0.3, 0.4) is 0 Å². The van der Waals surface area contributed by atoms with Gasteiger partial charge in [0.2, 0.25) is 5.91 Å². The summed E-state index contributed by atoms with van der Waals surface area (Å²) in [4.78, 5) is 16.7. The van der Waals surface area contributed by atoms with Gasteiger partial charge < -0.3 is 15.4 Å². The number of alkyl halides is 3. The Morgan fingerprint density at radius 1 is 1.29 bits per heavy atom. The summed E-state index contributed by atoms with van der Waals surface area (Å²) in [6.45, 7) is 4.95. The minimum absolute atomic E-state index is 0.125. The molecule has 6 nitrogen and oxygen atoms in total. The number of primary amides is 1. The van der Waals surface area contributed by atoms with E-state index in [9.17, 15) is 27.6 Å². The molecule has 1 aromatic carbocycles. The van der Waals surface area contributed by atoms with Gasteiger partial charge in [0.25, 0.3) is 0 Å². The number of hydrogen-bond donors (Lipinski definition) is 1. The van der Waals surface area contributed by atoms with Gasteiger partial charge in [-0.15, -0.1) is 0 Å². The van der Waals surface area contributed by atoms with Gasteiger partial charge in [-0.25, -0.2) is 4.39 Å². The predicted molar refractivity (Wildman–Crippen MR) is 122 cm³/mol. The molecule has 2 N–H and O–H groups in total. The summed E-state index contributed by atoms with van der Waals surface area (Å²) in [5.41, 5.74) is 3.50. The maximum absolute atomic E-state index is 14.5. The summed E-state index contributed by atoms with van der Waals surface area (Å²) in [5.74, 6) is -0.842. The molecule has 2 heterocycles. The standard InChI is InChI=1S/C25H24F4N4O2/c1-4-35-19-7-17(15-5-6-16(9-22(31)34)21(26)8-15)12-33(13-19)18-10-20(25(27,28)29)23(32-11-18)24(2,3)14-30/h5-8,10-12H,4,9,13H2,1-3H3,(H2,31,34). The number of hydrogen-bond acceptors (Lipinski definition) is 5. The molecule has 0 fully saturated rings. The van der Waals surface area contributed by atoms with Crippen molar-refractivity contribution in [1.82, 2.24) is 4.98 Å². The number of nitriles is 1. The Hall–Kier alpha value is -3.87. The van der Waals surface area contributed by atoms with Gasteiger partial charge in [-0.1, -0.05) is 12.1 Å². The van der Waals surface area contributed by atoms with E-state index in [1.54, 1.807) is 25.3 Å². The lowest BCUT2D eigenvalue weighted by molar-refractivity contribution is -0.138. The molecule has 0 bridgehead atoms. The van der Waals surface area contributed by atoms with Crippen LogP contribution >= 0.6 is 0 Å².